The van der Waals surface area contributed by atoms with Crippen LogP contribution in [0.3, 0.4) is 0 Å². The zero-order valence-corrected chi connectivity index (χ0v) is 15.7. The highest BCUT2D eigenvalue weighted by atomic mass is 32.2. The molecular formula is C16H19F3N4O3S. The molecule has 27 heavy (non-hydrogen) atoms. The second-order valence-electron chi connectivity index (χ2n) is 5.35. The average molecular weight is 404 g/mol. The highest BCUT2D eigenvalue weighted by Gasteiger charge is 2.32. The van der Waals surface area contributed by atoms with Gasteiger partial charge in [0.05, 0.1) is 19.1 Å². The van der Waals surface area contributed by atoms with Gasteiger partial charge in [0, 0.05) is 18.0 Å². The van der Waals surface area contributed by atoms with Crippen LogP contribution in [0.2, 0.25) is 0 Å². The molecule has 0 saturated heterocycles. The Kier molecular flexibility index (Phi) is 8.39. The van der Waals surface area contributed by atoms with Gasteiger partial charge in [-0.15, -0.1) is 19.1 Å². The molecule has 3 N–H and O–H groups in total. The van der Waals surface area contributed by atoms with Crippen LogP contribution in [0.1, 0.15) is 13.8 Å². The van der Waals surface area contributed by atoms with E-state index in [1.54, 1.807) is 0 Å². The highest BCUT2D eigenvalue weighted by molar-refractivity contribution is 8.17. The van der Waals surface area contributed by atoms with Crippen LogP contribution in [0.5, 0.6) is 0 Å². The Labute approximate surface area is 158 Å². The van der Waals surface area contributed by atoms with Crippen molar-refractivity contribution in [1.29, 1.82) is 0 Å². The van der Waals surface area contributed by atoms with Gasteiger partial charge in [-0.3, -0.25) is 14.6 Å². The third-order valence-corrected chi connectivity index (χ3v) is 3.83. The first kappa shape index (κ1) is 22.6. The molecule has 0 aromatic carbocycles. The number of nitrogens with one attached hydrogen (secondary N) is 1. The minimum atomic E-state index is -4.85. The summed E-state index contributed by atoms with van der Waals surface area (Å²) in [6.45, 7) is 2.82. The van der Waals surface area contributed by atoms with E-state index in [2.05, 4.69) is 26.9 Å². The highest BCUT2D eigenvalue weighted by Crippen LogP contribution is 2.28. The number of nitrogens with two attached hydrogens (primary N) is 1. The third-order valence-electron chi connectivity index (χ3n) is 2.89. The van der Waals surface area contributed by atoms with Crippen molar-refractivity contribution >= 4 is 28.7 Å². The van der Waals surface area contributed by atoms with Crippen LogP contribution in [0, 0.1) is 11.8 Å². The third kappa shape index (κ3) is 8.65. The SMILES string of the molecule is CC#C/C=C(\C=C1/CN=C(NC(=O)CN(C)C(=O)[C@H](C)N)S1)OC(F)(F)F. The number of hydrogen-bond acceptors (Lipinski definition) is 6. The average Bonchev–Trinajstić information content (AvgIpc) is 2.96. The fourth-order valence-corrected chi connectivity index (χ4v) is 2.66. The Bertz CT molecular complexity index is 733. The van der Waals surface area contributed by atoms with Crippen molar-refractivity contribution < 1.29 is 27.5 Å². The van der Waals surface area contributed by atoms with Gasteiger partial charge in [-0.25, -0.2) is 0 Å². The molecule has 0 aliphatic carbocycles. The fraction of sp³-hybridized carbons (Fsp3) is 0.438. The summed E-state index contributed by atoms with van der Waals surface area (Å²) >= 11 is 0.983. The molecule has 0 spiro atoms. The largest absolute Gasteiger partial charge is 0.573 e. The second kappa shape index (κ2) is 10.0. The number of allylic oxidation sites excluding steroid dienone is 2. The molecule has 1 aliphatic heterocycles. The number of amidine groups is 1. The maximum absolute atomic E-state index is 12.4. The summed E-state index contributed by atoms with van der Waals surface area (Å²) < 4.78 is 41.2. The molecule has 0 radical (unpaired) electrons. The van der Waals surface area contributed by atoms with E-state index in [4.69, 9.17) is 5.73 Å². The minimum Gasteiger partial charge on any atom is -0.405 e. The van der Waals surface area contributed by atoms with Gasteiger partial charge in [0.1, 0.15) is 5.76 Å². The Morgan fingerprint density at radius 3 is 2.74 bits per heavy atom. The quantitative estimate of drug-likeness (QED) is 0.532. The van der Waals surface area contributed by atoms with Crippen molar-refractivity contribution in [2.24, 2.45) is 10.7 Å². The van der Waals surface area contributed by atoms with Crippen LogP contribution in [0.15, 0.2) is 27.8 Å². The number of ether oxygens (including phenoxy) is 1. The molecule has 0 unspecified atom stereocenters. The molecule has 0 bridgehead atoms. The molecule has 7 nitrogen and oxygen atoms in total. The molecule has 0 saturated carbocycles. The van der Waals surface area contributed by atoms with E-state index in [-0.39, 0.29) is 18.3 Å². The lowest BCUT2D eigenvalue weighted by Crippen LogP contribution is -2.45. The number of rotatable bonds is 5. The molecule has 1 rings (SSSR count). The Morgan fingerprint density at radius 1 is 1.52 bits per heavy atom. The van der Waals surface area contributed by atoms with E-state index in [0.717, 1.165) is 23.9 Å². The Balaban J connectivity index is 2.67. The number of carbonyl (C=O) groups is 2. The van der Waals surface area contributed by atoms with Crippen LogP contribution in [0.4, 0.5) is 13.2 Å². The molecular weight excluding hydrogens is 385 g/mol. The number of aliphatic imine (C=N–C) groups is 1. The molecule has 1 aliphatic rings. The zero-order valence-electron chi connectivity index (χ0n) is 14.9. The number of thioether (sulfide) groups is 1. The summed E-state index contributed by atoms with van der Waals surface area (Å²) in [4.78, 5) is 29.2. The monoisotopic (exact) mass is 404 g/mol. The van der Waals surface area contributed by atoms with Crippen LogP contribution in [-0.4, -0.2) is 54.4 Å². The van der Waals surface area contributed by atoms with Crippen LogP contribution in [0.25, 0.3) is 0 Å². The Morgan fingerprint density at radius 2 is 2.19 bits per heavy atom. The molecule has 11 heteroatoms. The van der Waals surface area contributed by atoms with Crippen molar-refractivity contribution in [2.75, 3.05) is 20.1 Å². The molecule has 1 heterocycles. The van der Waals surface area contributed by atoms with Crippen molar-refractivity contribution in [1.82, 2.24) is 10.2 Å². The Hall–Kier alpha value is -2.45. The van der Waals surface area contributed by atoms with Crippen LogP contribution in [-0.2, 0) is 14.3 Å². The van der Waals surface area contributed by atoms with E-state index in [1.165, 1.54) is 25.8 Å². The van der Waals surface area contributed by atoms with E-state index in [9.17, 15) is 22.8 Å². The fourth-order valence-electron chi connectivity index (χ4n) is 1.81. The maximum atomic E-state index is 12.4. The summed E-state index contributed by atoms with van der Waals surface area (Å²) in [6, 6.07) is -0.736. The zero-order chi connectivity index (χ0) is 20.6. The molecule has 0 aromatic rings. The van der Waals surface area contributed by atoms with Crippen molar-refractivity contribution in [3.63, 3.8) is 0 Å². The van der Waals surface area contributed by atoms with Crippen molar-refractivity contribution in [3.8, 4) is 11.8 Å². The van der Waals surface area contributed by atoms with E-state index < -0.39 is 30.0 Å². The molecule has 148 valence electrons. The van der Waals surface area contributed by atoms with Crippen molar-refractivity contribution in [2.45, 2.75) is 26.3 Å². The van der Waals surface area contributed by atoms with Gasteiger partial charge < -0.3 is 20.7 Å². The predicted octanol–water partition coefficient (Wildman–Crippen LogP) is 1.34. The molecule has 0 fully saturated rings. The first-order valence-corrected chi connectivity index (χ1v) is 8.45. The van der Waals surface area contributed by atoms with Gasteiger partial charge >= 0.3 is 6.36 Å². The summed E-state index contributed by atoms with van der Waals surface area (Å²) in [7, 11) is 1.43. The summed E-state index contributed by atoms with van der Waals surface area (Å²) in [5.74, 6) is 3.44. The standard InChI is InChI=1S/C16H19F3N4O3S/c1-4-5-6-11(26-16(17,18)19)7-12-8-21-15(27-12)22-13(24)9-23(3)14(25)10(2)20/h6-7,10H,8-9,20H2,1-3H3,(H,21,22,24)/b11-6+,12-7+/t10-/m0/s1. The first-order valence-electron chi connectivity index (χ1n) is 7.63. The van der Waals surface area contributed by atoms with Gasteiger partial charge in [-0.05, 0) is 19.9 Å². The topological polar surface area (TPSA) is 97.0 Å². The smallest absolute Gasteiger partial charge is 0.405 e. The summed E-state index contributed by atoms with van der Waals surface area (Å²) in [5, 5.41) is 2.70. The lowest BCUT2D eigenvalue weighted by atomic mass is 10.3. The number of alkyl halides is 3. The van der Waals surface area contributed by atoms with Gasteiger partial charge in [-0.2, -0.15) is 0 Å². The van der Waals surface area contributed by atoms with E-state index >= 15 is 0 Å². The number of hydrogen-bond donors (Lipinski definition) is 2. The predicted molar refractivity (Wildman–Crippen MR) is 96.1 cm³/mol. The van der Waals surface area contributed by atoms with Crippen LogP contribution >= 0.6 is 11.8 Å². The maximum Gasteiger partial charge on any atom is 0.573 e. The number of carbonyl (C=O) groups excluding carboxylic acids is 2. The van der Waals surface area contributed by atoms with E-state index in [1.807, 2.05) is 0 Å². The normalized spacial score (nSPS) is 16.9. The first-order chi connectivity index (χ1) is 12.5. The molecule has 0 aromatic heterocycles. The number of amides is 2. The van der Waals surface area contributed by atoms with Gasteiger partial charge in [0.2, 0.25) is 11.8 Å². The van der Waals surface area contributed by atoms with Gasteiger partial charge in [0.25, 0.3) is 0 Å². The van der Waals surface area contributed by atoms with Crippen LogP contribution < -0.4 is 11.1 Å². The van der Waals surface area contributed by atoms with Gasteiger partial charge in [-0.1, -0.05) is 17.7 Å². The molecule has 2 amide bonds. The minimum absolute atomic E-state index is 0.0764. The summed E-state index contributed by atoms with van der Waals surface area (Å²) in [6.07, 6.45) is -2.71. The number of nitrogens with zero attached hydrogens (tertiary/aromatic N) is 2. The number of halogens is 3. The second-order valence-corrected chi connectivity index (χ2v) is 6.47. The lowest BCUT2D eigenvalue weighted by molar-refractivity contribution is -0.303. The molecule has 1 atom stereocenters. The van der Waals surface area contributed by atoms with Gasteiger partial charge in [0.15, 0.2) is 5.17 Å². The lowest BCUT2D eigenvalue weighted by Gasteiger charge is -2.18. The number of likely N-dealkylation sites (N-methyl/N-ethyl adjacent to an activating group) is 1. The van der Waals surface area contributed by atoms with Crippen molar-refractivity contribution in [3.05, 3.63) is 22.8 Å². The summed E-state index contributed by atoms with van der Waals surface area (Å²) in [5.41, 5.74) is 5.45. The van der Waals surface area contributed by atoms with E-state index in [0.29, 0.717) is 4.91 Å².